The average molecular weight is 491 g/mol. The molecule has 0 spiro atoms. The monoisotopic (exact) mass is 490 g/mol. The van der Waals surface area contributed by atoms with Crippen molar-refractivity contribution >= 4 is 33.0 Å². The van der Waals surface area contributed by atoms with Crippen molar-refractivity contribution in [2.75, 3.05) is 17.9 Å². The van der Waals surface area contributed by atoms with Gasteiger partial charge in [0.05, 0.1) is 53.2 Å². The maximum absolute atomic E-state index is 12.7. The van der Waals surface area contributed by atoms with Gasteiger partial charge in [0.15, 0.2) is 5.01 Å². The van der Waals surface area contributed by atoms with Crippen LogP contribution in [-0.2, 0) is 10.0 Å². The number of nitrogens with one attached hydrogen (secondary N) is 2. The van der Waals surface area contributed by atoms with Crippen LogP contribution in [0.25, 0.3) is 10.6 Å². The Morgan fingerprint density at radius 2 is 2.12 bits per heavy atom. The van der Waals surface area contributed by atoms with Crippen molar-refractivity contribution in [2.24, 2.45) is 0 Å². The van der Waals surface area contributed by atoms with Crippen LogP contribution in [0.5, 0.6) is 5.88 Å². The number of aliphatic hydroxyl groups excluding tert-OH is 1. The molecule has 3 N–H and O–H groups in total. The van der Waals surface area contributed by atoms with Crippen LogP contribution in [0, 0.1) is 0 Å². The second kappa shape index (κ2) is 9.77. The summed E-state index contributed by atoms with van der Waals surface area (Å²) in [6.07, 6.45) is 7.25. The standard InChI is InChI=1S/C20H22N6O5S2/c1-2-31-18-10-21-8-15(24-18)17-9-23-20(32-17)19(28)25-16(11-27)14-7-12(5-6-22-14)26-33(29,30)13-3-4-13/h5-10,13,16,27H,2-4,11H2,1H3,(H,22,26)(H,25,28)/t16-/m0/s1. The number of pyridine rings is 1. The SMILES string of the molecule is CCOc1cncc(-c2cnc(C(=O)N[C@@H](CO)c3cc(NS(=O)(=O)C4CC4)ccn3)s2)n1. The van der Waals surface area contributed by atoms with Gasteiger partial charge in [0.1, 0.15) is 5.69 Å². The highest BCUT2D eigenvalue weighted by Gasteiger charge is 2.35. The molecule has 3 aromatic heterocycles. The molecule has 0 aliphatic heterocycles. The van der Waals surface area contributed by atoms with Crippen LogP contribution < -0.4 is 14.8 Å². The van der Waals surface area contributed by atoms with E-state index in [0.29, 0.717) is 47.3 Å². The first-order valence-corrected chi connectivity index (χ1v) is 12.6. The molecule has 0 bridgehead atoms. The van der Waals surface area contributed by atoms with Gasteiger partial charge < -0.3 is 15.2 Å². The fraction of sp³-hybridized carbons (Fsp3) is 0.350. The molecule has 0 aromatic carbocycles. The van der Waals surface area contributed by atoms with E-state index in [2.05, 4.69) is 30.0 Å². The second-order valence-corrected chi connectivity index (χ2v) is 10.2. The fourth-order valence-corrected chi connectivity index (χ4v) is 5.10. The molecule has 174 valence electrons. The Bertz CT molecular complexity index is 1250. The van der Waals surface area contributed by atoms with E-state index in [1.54, 1.807) is 6.20 Å². The third-order valence-electron chi connectivity index (χ3n) is 4.71. The van der Waals surface area contributed by atoms with Crippen molar-refractivity contribution < 1.29 is 23.1 Å². The highest BCUT2D eigenvalue weighted by atomic mass is 32.2. The number of aliphatic hydroxyl groups is 1. The van der Waals surface area contributed by atoms with Gasteiger partial charge in [-0.2, -0.15) is 0 Å². The van der Waals surface area contributed by atoms with Crippen LogP contribution in [-0.4, -0.2) is 57.8 Å². The zero-order valence-corrected chi connectivity index (χ0v) is 19.3. The molecule has 3 aromatic rings. The number of sulfonamides is 1. The summed E-state index contributed by atoms with van der Waals surface area (Å²) >= 11 is 1.11. The minimum Gasteiger partial charge on any atom is -0.477 e. The number of hydrogen-bond donors (Lipinski definition) is 3. The first kappa shape index (κ1) is 23.0. The van der Waals surface area contributed by atoms with Crippen LogP contribution in [0.2, 0.25) is 0 Å². The van der Waals surface area contributed by atoms with Gasteiger partial charge in [-0.3, -0.25) is 19.5 Å². The highest BCUT2D eigenvalue weighted by Crippen LogP contribution is 2.30. The first-order chi connectivity index (χ1) is 15.9. The van der Waals surface area contributed by atoms with Gasteiger partial charge >= 0.3 is 0 Å². The molecule has 1 fully saturated rings. The molecule has 13 heteroatoms. The van der Waals surface area contributed by atoms with E-state index < -0.39 is 28.6 Å². The smallest absolute Gasteiger partial charge is 0.280 e. The zero-order chi connectivity index (χ0) is 23.4. The molecule has 0 saturated heterocycles. The molecule has 33 heavy (non-hydrogen) atoms. The number of thiazole rings is 1. The van der Waals surface area contributed by atoms with Crippen molar-refractivity contribution in [1.82, 2.24) is 25.3 Å². The summed E-state index contributed by atoms with van der Waals surface area (Å²) in [6, 6.07) is 2.16. The maximum Gasteiger partial charge on any atom is 0.280 e. The van der Waals surface area contributed by atoms with Gasteiger partial charge in [0.2, 0.25) is 15.9 Å². The second-order valence-electron chi connectivity index (χ2n) is 7.23. The Kier molecular flexibility index (Phi) is 6.81. The van der Waals surface area contributed by atoms with Crippen molar-refractivity contribution in [3.05, 3.63) is 47.6 Å². The lowest BCUT2D eigenvalue weighted by Crippen LogP contribution is -2.31. The largest absolute Gasteiger partial charge is 0.477 e. The van der Waals surface area contributed by atoms with Crippen molar-refractivity contribution in [3.63, 3.8) is 0 Å². The van der Waals surface area contributed by atoms with Crippen molar-refractivity contribution in [1.29, 1.82) is 0 Å². The van der Waals surface area contributed by atoms with E-state index in [1.807, 2.05) is 6.92 Å². The maximum atomic E-state index is 12.7. The number of rotatable bonds is 10. The Balaban J connectivity index is 1.46. The Morgan fingerprint density at radius 1 is 1.30 bits per heavy atom. The summed E-state index contributed by atoms with van der Waals surface area (Å²) in [5.41, 5.74) is 1.16. The average Bonchev–Trinajstić information content (AvgIpc) is 3.56. The predicted octanol–water partition coefficient (Wildman–Crippen LogP) is 1.76. The summed E-state index contributed by atoms with van der Waals surface area (Å²) in [5, 5.41) is 12.3. The fourth-order valence-electron chi connectivity index (χ4n) is 2.94. The number of nitrogens with zero attached hydrogens (tertiary/aromatic N) is 4. The minimum absolute atomic E-state index is 0.164. The molecule has 1 aliphatic carbocycles. The van der Waals surface area contributed by atoms with Crippen LogP contribution in [0.4, 0.5) is 5.69 Å². The number of hydrogen-bond acceptors (Lipinski definition) is 10. The lowest BCUT2D eigenvalue weighted by Gasteiger charge is -2.16. The first-order valence-electron chi connectivity index (χ1n) is 10.2. The molecule has 11 nitrogen and oxygen atoms in total. The zero-order valence-electron chi connectivity index (χ0n) is 17.6. The molecule has 4 rings (SSSR count). The molecular weight excluding hydrogens is 468 g/mol. The number of amides is 1. The quantitative estimate of drug-likeness (QED) is 0.385. The van der Waals surface area contributed by atoms with Crippen LogP contribution in [0.3, 0.4) is 0 Å². The van der Waals surface area contributed by atoms with Gasteiger partial charge in [-0.25, -0.2) is 18.4 Å². The van der Waals surface area contributed by atoms with E-state index in [9.17, 15) is 18.3 Å². The Morgan fingerprint density at radius 3 is 2.85 bits per heavy atom. The number of aromatic nitrogens is 4. The van der Waals surface area contributed by atoms with E-state index in [4.69, 9.17) is 4.74 Å². The van der Waals surface area contributed by atoms with Gasteiger partial charge in [-0.15, -0.1) is 11.3 Å². The van der Waals surface area contributed by atoms with E-state index in [-0.39, 0.29) is 10.3 Å². The van der Waals surface area contributed by atoms with Gasteiger partial charge in [-0.1, -0.05) is 0 Å². The number of carbonyl (C=O) groups is 1. The Hall–Kier alpha value is -3.16. The molecule has 3 heterocycles. The number of anilines is 1. The third-order valence-corrected chi connectivity index (χ3v) is 7.59. The molecule has 1 aliphatic rings. The van der Waals surface area contributed by atoms with Crippen molar-refractivity contribution in [2.45, 2.75) is 31.1 Å². The van der Waals surface area contributed by atoms with Crippen LogP contribution >= 0.6 is 11.3 Å². The third kappa shape index (κ3) is 5.61. The summed E-state index contributed by atoms with van der Waals surface area (Å²) in [4.78, 5) is 30.1. The van der Waals surface area contributed by atoms with Gasteiger partial charge in [-0.05, 0) is 31.9 Å². The lowest BCUT2D eigenvalue weighted by molar-refractivity contribution is 0.0914. The summed E-state index contributed by atoms with van der Waals surface area (Å²) in [7, 11) is -3.44. The molecule has 1 saturated carbocycles. The summed E-state index contributed by atoms with van der Waals surface area (Å²) in [5.74, 6) is -0.136. The normalized spacial score (nSPS) is 14.5. The number of carbonyl (C=O) groups excluding carboxylic acids is 1. The van der Waals surface area contributed by atoms with E-state index in [0.717, 1.165) is 11.3 Å². The van der Waals surface area contributed by atoms with E-state index >= 15 is 0 Å². The minimum atomic E-state index is -3.44. The summed E-state index contributed by atoms with van der Waals surface area (Å²) in [6.45, 7) is 1.86. The molecule has 1 atom stereocenters. The topological polar surface area (TPSA) is 156 Å². The lowest BCUT2D eigenvalue weighted by atomic mass is 10.2. The molecular formula is C20H22N6O5S2. The summed E-state index contributed by atoms with van der Waals surface area (Å²) < 4.78 is 32.2. The van der Waals surface area contributed by atoms with Crippen LogP contribution in [0.1, 0.15) is 41.3 Å². The van der Waals surface area contributed by atoms with Crippen LogP contribution in [0.15, 0.2) is 36.9 Å². The van der Waals surface area contributed by atoms with Crippen molar-refractivity contribution in [3.8, 4) is 16.5 Å². The molecule has 0 radical (unpaired) electrons. The Labute approximate surface area is 194 Å². The predicted molar refractivity (Wildman–Crippen MR) is 121 cm³/mol. The number of ether oxygens (including phenoxy) is 1. The van der Waals surface area contributed by atoms with Gasteiger partial charge in [0.25, 0.3) is 5.91 Å². The highest BCUT2D eigenvalue weighted by molar-refractivity contribution is 7.93. The molecule has 0 unspecified atom stereocenters. The van der Waals surface area contributed by atoms with E-state index in [1.165, 1.54) is 30.7 Å². The molecule has 1 amide bonds. The van der Waals surface area contributed by atoms with Gasteiger partial charge in [0, 0.05) is 12.4 Å².